The quantitative estimate of drug-likeness (QED) is 0.519. The first kappa shape index (κ1) is 16.6. The number of aromatic carboxylic acids is 1. The predicted octanol–water partition coefficient (Wildman–Crippen LogP) is 1.71. The number of rotatable bonds is 7. The molecule has 21 heavy (non-hydrogen) atoms. The molecule has 0 aliphatic heterocycles. The number of hydrogen-bond acceptors (Lipinski definition) is 6. The lowest BCUT2D eigenvalue weighted by molar-refractivity contribution is -0.140. The summed E-state index contributed by atoms with van der Waals surface area (Å²) in [6.45, 7) is 1.22. The summed E-state index contributed by atoms with van der Waals surface area (Å²) in [4.78, 5) is 32.4. The lowest BCUT2D eigenvalue weighted by atomic mass is 10.2. The molecule has 3 N–H and O–H groups in total. The standard InChI is InChI=1S/C12H13N3O5S/c1-7(16)13-10(12(19)20)6-21-15-14-9-4-2-3-8(5-9)11(17)18/h2-5,10H,6H2,1H3,(H,13,16)(H,17,18)(H,19,20). The zero-order valence-electron chi connectivity index (χ0n) is 11.0. The molecule has 9 heteroatoms. The van der Waals surface area contributed by atoms with Crippen LogP contribution in [0.4, 0.5) is 5.69 Å². The summed E-state index contributed by atoms with van der Waals surface area (Å²) >= 11 is 0.856. The van der Waals surface area contributed by atoms with Crippen molar-refractivity contribution in [1.82, 2.24) is 5.32 Å². The molecule has 1 atom stereocenters. The van der Waals surface area contributed by atoms with Gasteiger partial charge in [0.05, 0.1) is 11.3 Å². The van der Waals surface area contributed by atoms with Gasteiger partial charge in [0.25, 0.3) is 0 Å². The van der Waals surface area contributed by atoms with Gasteiger partial charge in [-0.2, -0.15) is 0 Å². The van der Waals surface area contributed by atoms with Crippen LogP contribution < -0.4 is 5.32 Å². The van der Waals surface area contributed by atoms with Crippen LogP contribution in [0.25, 0.3) is 0 Å². The van der Waals surface area contributed by atoms with Gasteiger partial charge in [0.1, 0.15) is 6.04 Å². The second-order valence-corrected chi connectivity index (χ2v) is 4.68. The number of carboxylic acid groups (broad SMARTS) is 2. The average molecular weight is 311 g/mol. The maximum atomic E-state index is 10.9. The normalized spacial score (nSPS) is 12.0. The van der Waals surface area contributed by atoms with E-state index in [0.717, 1.165) is 11.9 Å². The van der Waals surface area contributed by atoms with Crippen molar-refractivity contribution in [3.05, 3.63) is 29.8 Å². The van der Waals surface area contributed by atoms with E-state index in [-0.39, 0.29) is 11.3 Å². The molecule has 1 amide bonds. The highest BCUT2D eigenvalue weighted by molar-refractivity contribution is 7.97. The minimum atomic E-state index is -1.17. The molecule has 0 radical (unpaired) electrons. The topological polar surface area (TPSA) is 128 Å². The van der Waals surface area contributed by atoms with Gasteiger partial charge in [0.15, 0.2) is 0 Å². The number of hydrogen-bond donors (Lipinski definition) is 3. The van der Waals surface area contributed by atoms with Gasteiger partial charge in [0, 0.05) is 24.6 Å². The smallest absolute Gasteiger partial charge is 0.335 e. The fourth-order valence-electron chi connectivity index (χ4n) is 1.31. The molecule has 112 valence electrons. The van der Waals surface area contributed by atoms with Crippen molar-refractivity contribution >= 4 is 35.5 Å². The Morgan fingerprint density at radius 2 is 2.05 bits per heavy atom. The Morgan fingerprint density at radius 3 is 2.62 bits per heavy atom. The maximum absolute atomic E-state index is 10.9. The first-order chi connectivity index (χ1) is 9.90. The second kappa shape index (κ2) is 8.00. The van der Waals surface area contributed by atoms with Gasteiger partial charge in [-0.3, -0.25) is 4.79 Å². The third kappa shape index (κ3) is 6.04. The van der Waals surface area contributed by atoms with Crippen molar-refractivity contribution in [2.75, 3.05) is 5.75 Å². The Balaban J connectivity index is 2.57. The molecule has 0 bridgehead atoms. The SMILES string of the molecule is CC(=O)NC(CSN=Nc1cccc(C(=O)O)c1)C(=O)O. The molecule has 8 nitrogen and oxygen atoms in total. The Bertz CT molecular complexity index is 576. The third-order valence-electron chi connectivity index (χ3n) is 2.22. The van der Waals surface area contributed by atoms with E-state index in [1.54, 1.807) is 6.07 Å². The van der Waals surface area contributed by atoms with Crippen LogP contribution in [-0.2, 0) is 9.59 Å². The predicted molar refractivity (Wildman–Crippen MR) is 75.6 cm³/mol. The maximum Gasteiger partial charge on any atom is 0.335 e. The van der Waals surface area contributed by atoms with Crippen LogP contribution in [0, 0.1) is 0 Å². The van der Waals surface area contributed by atoms with Gasteiger partial charge in [0.2, 0.25) is 5.91 Å². The Hall–Kier alpha value is -2.42. The molecular weight excluding hydrogens is 298 g/mol. The molecule has 0 spiro atoms. The molecule has 0 aliphatic carbocycles. The van der Waals surface area contributed by atoms with E-state index >= 15 is 0 Å². The number of nitrogens with one attached hydrogen (secondary N) is 1. The van der Waals surface area contributed by atoms with Crippen LogP contribution in [0.2, 0.25) is 0 Å². The van der Waals surface area contributed by atoms with Crippen molar-refractivity contribution in [3.63, 3.8) is 0 Å². The van der Waals surface area contributed by atoms with Crippen molar-refractivity contribution in [3.8, 4) is 0 Å². The van der Waals surface area contributed by atoms with Gasteiger partial charge in [-0.15, -0.1) is 9.63 Å². The van der Waals surface area contributed by atoms with Crippen LogP contribution >= 0.6 is 11.9 Å². The summed E-state index contributed by atoms with van der Waals surface area (Å²) in [6.07, 6.45) is 0. The highest BCUT2D eigenvalue weighted by Gasteiger charge is 2.18. The monoisotopic (exact) mass is 311 g/mol. The number of aliphatic carboxylic acids is 1. The molecule has 1 rings (SSSR count). The minimum Gasteiger partial charge on any atom is -0.480 e. The fraction of sp³-hybridized carbons (Fsp3) is 0.250. The Kier molecular flexibility index (Phi) is 6.34. The van der Waals surface area contributed by atoms with Crippen LogP contribution in [0.5, 0.6) is 0 Å². The van der Waals surface area contributed by atoms with Gasteiger partial charge in [-0.05, 0) is 18.2 Å². The van der Waals surface area contributed by atoms with Crippen LogP contribution in [0.3, 0.4) is 0 Å². The molecule has 1 unspecified atom stereocenters. The van der Waals surface area contributed by atoms with E-state index in [9.17, 15) is 14.4 Å². The number of carbonyl (C=O) groups is 3. The Labute approximate surface area is 124 Å². The van der Waals surface area contributed by atoms with Crippen LogP contribution in [-0.4, -0.2) is 39.9 Å². The van der Waals surface area contributed by atoms with Crippen molar-refractivity contribution in [2.24, 2.45) is 9.63 Å². The molecule has 1 aromatic rings. The lowest BCUT2D eigenvalue weighted by Crippen LogP contribution is -2.41. The van der Waals surface area contributed by atoms with Gasteiger partial charge >= 0.3 is 11.9 Å². The van der Waals surface area contributed by atoms with Gasteiger partial charge in [-0.25, -0.2) is 9.59 Å². The molecule has 0 saturated carbocycles. The molecule has 0 aromatic heterocycles. The number of amides is 1. The van der Waals surface area contributed by atoms with Gasteiger partial charge in [-0.1, -0.05) is 6.07 Å². The highest BCUT2D eigenvalue weighted by atomic mass is 32.2. The molecule has 0 saturated heterocycles. The first-order valence-corrected chi connectivity index (χ1v) is 6.70. The van der Waals surface area contributed by atoms with E-state index in [1.807, 2.05) is 0 Å². The van der Waals surface area contributed by atoms with Crippen molar-refractivity contribution in [1.29, 1.82) is 0 Å². The summed E-state index contributed by atoms with van der Waals surface area (Å²) in [5.74, 6) is -2.68. The van der Waals surface area contributed by atoms with E-state index < -0.39 is 23.9 Å². The van der Waals surface area contributed by atoms with Crippen LogP contribution in [0.15, 0.2) is 33.9 Å². The lowest BCUT2D eigenvalue weighted by Gasteiger charge is -2.10. The van der Waals surface area contributed by atoms with Crippen molar-refractivity contribution in [2.45, 2.75) is 13.0 Å². The molecular formula is C12H13N3O5S. The zero-order chi connectivity index (χ0) is 15.8. The number of carboxylic acids is 2. The second-order valence-electron chi connectivity index (χ2n) is 3.92. The average Bonchev–Trinajstić information content (AvgIpc) is 2.41. The largest absolute Gasteiger partial charge is 0.480 e. The summed E-state index contributed by atoms with van der Waals surface area (Å²) in [7, 11) is 0. The molecule has 0 heterocycles. The fourth-order valence-corrected chi connectivity index (χ4v) is 1.90. The Morgan fingerprint density at radius 1 is 1.33 bits per heavy atom. The first-order valence-electron chi connectivity index (χ1n) is 5.76. The number of carbonyl (C=O) groups excluding carboxylic acids is 1. The van der Waals surface area contributed by atoms with E-state index in [0.29, 0.717) is 5.69 Å². The summed E-state index contributed by atoms with van der Waals surface area (Å²) in [6, 6.07) is 4.80. The number of benzene rings is 1. The summed E-state index contributed by atoms with van der Waals surface area (Å²) < 4.78 is 3.71. The van der Waals surface area contributed by atoms with Crippen molar-refractivity contribution < 1.29 is 24.6 Å². The minimum absolute atomic E-state index is 0.0109. The van der Waals surface area contributed by atoms with E-state index in [1.165, 1.54) is 25.1 Å². The van der Waals surface area contributed by atoms with E-state index in [4.69, 9.17) is 10.2 Å². The van der Waals surface area contributed by atoms with Crippen LogP contribution in [0.1, 0.15) is 17.3 Å². The zero-order valence-corrected chi connectivity index (χ0v) is 11.8. The summed E-state index contributed by atoms with van der Waals surface area (Å²) in [5, 5.41) is 23.7. The highest BCUT2D eigenvalue weighted by Crippen LogP contribution is 2.17. The third-order valence-corrected chi connectivity index (χ3v) is 2.90. The van der Waals surface area contributed by atoms with E-state index in [2.05, 4.69) is 15.0 Å². The molecule has 0 fully saturated rings. The number of nitrogens with zero attached hydrogens (tertiary/aromatic N) is 2. The molecule has 0 aliphatic rings. The summed E-state index contributed by atoms with van der Waals surface area (Å²) in [5.41, 5.74) is 0.423. The van der Waals surface area contributed by atoms with Gasteiger partial charge < -0.3 is 15.5 Å². The molecule has 1 aromatic carbocycles.